The summed E-state index contributed by atoms with van der Waals surface area (Å²) in [7, 11) is 0. The molecule has 0 saturated heterocycles. The first-order chi connectivity index (χ1) is 14.5. The van der Waals surface area contributed by atoms with E-state index >= 15 is 0 Å². The fourth-order valence-electron chi connectivity index (χ4n) is 2.90. The van der Waals surface area contributed by atoms with Gasteiger partial charge in [0.15, 0.2) is 0 Å². The molecule has 4 radical (unpaired) electrons. The molecular weight excluding hydrogens is 582 g/mol. The molecule has 0 spiro atoms. The van der Waals surface area contributed by atoms with Crippen molar-refractivity contribution < 1.29 is 6.15 Å². The van der Waals surface area contributed by atoms with E-state index in [9.17, 15) is 0 Å². The van der Waals surface area contributed by atoms with Crippen LogP contribution in [0.2, 0.25) is 8.87 Å². The van der Waals surface area contributed by atoms with E-state index in [0.29, 0.717) is 0 Å². The Balaban J connectivity index is 0. The van der Waals surface area contributed by atoms with Crippen molar-refractivity contribution in [3.05, 3.63) is 0 Å². The second-order valence-electron chi connectivity index (χ2n) is 9.43. The van der Waals surface area contributed by atoms with Crippen molar-refractivity contribution in [3.63, 3.8) is 0 Å². The van der Waals surface area contributed by atoms with Crippen LogP contribution >= 0.6 is 0 Å². The van der Waals surface area contributed by atoms with Crippen LogP contribution in [0.15, 0.2) is 0 Å². The Kier molecular flexibility index (Phi) is 34.3. The molecular formula is C26H56O2Sn2. The zero-order chi connectivity index (χ0) is 22.7. The maximum atomic E-state index is 5.47. The monoisotopic (exact) mass is 640 g/mol. The Hall–Kier alpha value is 1.52. The maximum absolute atomic E-state index is 5.47. The van der Waals surface area contributed by atoms with E-state index in [4.69, 9.17) is 6.15 Å². The molecule has 180 valence electrons. The zero-order valence-electron chi connectivity index (χ0n) is 21.7. The van der Waals surface area contributed by atoms with Crippen LogP contribution in [-0.4, -0.2) is 56.3 Å². The number of hydrogen-bond acceptors (Lipinski definition) is 2. The molecule has 0 heterocycles. The van der Waals surface area contributed by atoms with E-state index in [1.165, 1.54) is 64.2 Å². The van der Waals surface area contributed by atoms with Crippen LogP contribution in [0.4, 0.5) is 0 Å². The molecule has 0 N–H and O–H groups in total. The molecule has 0 fully saturated rings. The predicted octanol–water partition coefficient (Wildman–Crippen LogP) is 8.89. The van der Waals surface area contributed by atoms with Gasteiger partial charge in [-0.05, 0) is 0 Å². The molecule has 0 aromatic carbocycles. The normalized spacial score (nSPS) is 11.2. The summed E-state index contributed by atoms with van der Waals surface area (Å²) in [5.74, 6) is 1.49. The van der Waals surface area contributed by atoms with Gasteiger partial charge in [0, 0.05) is 0 Å². The summed E-state index contributed by atoms with van der Waals surface area (Å²) in [4.78, 5) is 0. The van der Waals surface area contributed by atoms with E-state index in [1.807, 2.05) is 0 Å². The van der Waals surface area contributed by atoms with Crippen molar-refractivity contribution in [2.45, 2.75) is 140 Å². The van der Waals surface area contributed by atoms with Gasteiger partial charge in [0.25, 0.3) is 0 Å². The van der Waals surface area contributed by atoms with E-state index in [1.54, 1.807) is 21.7 Å². The molecule has 0 aromatic rings. The van der Waals surface area contributed by atoms with E-state index < -0.39 is 22.0 Å². The summed E-state index contributed by atoms with van der Waals surface area (Å²) < 4.78 is 14.3. The first kappa shape index (κ1) is 33.7. The third kappa shape index (κ3) is 36.9. The SMILES string of the molecule is CC(C)CC[O][Sn][O]CCC(C)C.CCCCCCC[CH2][Sn][CH2]CCCCCCC. The summed E-state index contributed by atoms with van der Waals surface area (Å²) in [5, 5.41) is 0. The minimum atomic E-state index is -0.928. The van der Waals surface area contributed by atoms with Gasteiger partial charge in [-0.3, -0.25) is 0 Å². The summed E-state index contributed by atoms with van der Waals surface area (Å²) >= 11 is -0.855. The molecule has 30 heavy (non-hydrogen) atoms. The molecule has 0 atom stereocenters. The second-order valence-corrected chi connectivity index (χ2v) is 15.8. The molecule has 0 aliphatic carbocycles. The van der Waals surface area contributed by atoms with E-state index in [2.05, 4.69) is 41.5 Å². The average molecular weight is 638 g/mol. The molecule has 4 heteroatoms. The first-order valence-corrected chi connectivity index (χ1v) is 19.6. The Labute approximate surface area is 213 Å². The van der Waals surface area contributed by atoms with Gasteiger partial charge < -0.3 is 0 Å². The number of rotatable bonds is 22. The van der Waals surface area contributed by atoms with E-state index in [0.717, 1.165) is 37.9 Å². The average Bonchev–Trinajstić information content (AvgIpc) is 2.71. The third-order valence-electron chi connectivity index (χ3n) is 5.13. The second kappa shape index (κ2) is 30.5. The van der Waals surface area contributed by atoms with E-state index in [-0.39, 0.29) is 21.1 Å². The van der Waals surface area contributed by atoms with Crippen molar-refractivity contribution in [2.75, 3.05) is 13.2 Å². The molecule has 0 aliphatic heterocycles. The van der Waals surface area contributed by atoms with Crippen molar-refractivity contribution in [1.82, 2.24) is 0 Å². The van der Waals surface area contributed by atoms with Crippen LogP contribution < -0.4 is 0 Å². The molecule has 2 nitrogen and oxygen atoms in total. The molecule has 0 unspecified atom stereocenters. The van der Waals surface area contributed by atoms with Gasteiger partial charge in [0.2, 0.25) is 0 Å². The van der Waals surface area contributed by atoms with Crippen LogP contribution in [0.3, 0.4) is 0 Å². The van der Waals surface area contributed by atoms with Gasteiger partial charge in [0.1, 0.15) is 0 Å². The standard InChI is InChI=1S/2C8H17.2C5H11O.2Sn/c2*1-3-5-7-8-6-4-2;2*1-5(2)3-4-6;;/h2*1,3-8H2,2H3;2*5H,3-4H2,1-2H3;;/q;;2*-1;;+2. The number of hydrogen-bond donors (Lipinski definition) is 0. The van der Waals surface area contributed by atoms with Crippen molar-refractivity contribution in [3.8, 4) is 0 Å². The van der Waals surface area contributed by atoms with Gasteiger partial charge in [0.05, 0.1) is 0 Å². The molecule has 0 saturated carbocycles. The zero-order valence-corrected chi connectivity index (χ0v) is 27.4. The van der Waals surface area contributed by atoms with Gasteiger partial charge in [-0.1, -0.05) is 0 Å². The number of unbranched alkanes of at least 4 members (excludes halogenated alkanes) is 10. The Morgan fingerprint density at radius 3 is 1.27 bits per heavy atom. The first-order valence-electron chi connectivity index (χ1n) is 13.2. The summed E-state index contributed by atoms with van der Waals surface area (Å²) in [6.45, 7) is 15.3. The Morgan fingerprint density at radius 2 is 0.900 bits per heavy atom. The fraction of sp³-hybridized carbons (Fsp3) is 1.00. The van der Waals surface area contributed by atoms with Crippen molar-refractivity contribution in [1.29, 1.82) is 0 Å². The topological polar surface area (TPSA) is 18.5 Å². The predicted molar refractivity (Wildman–Crippen MR) is 139 cm³/mol. The molecule has 0 rings (SSSR count). The summed E-state index contributed by atoms with van der Waals surface area (Å²) in [6.07, 6.45) is 20.2. The van der Waals surface area contributed by atoms with Crippen LogP contribution in [0.25, 0.3) is 0 Å². The van der Waals surface area contributed by atoms with Crippen LogP contribution in [0.1, 0.15) is 131 Å². The minimum absolute atomic E-state index is 0.0736. The van der Waals surface area contributed by atoms with Gasteiger partial charge >= 0.3 is 215 Å². The van der Waals surface area contributed by atoms with Crippen LogP contribution in [0.5, 0.6) is 0 Å². The molecule has 0 aromatic heterocycles. The van der Waals surface area contributed by atoms with Gasteiger partial charge in [-0.25, -0.2) is 0 Å². The van der Waals surface area contributed by atoms with Gasteiger partial charge in [-0.15, -0.1) is 0 Å². The third-order valence-corrected chi connectivity index (χ3v) is 11.0. The molecule has 0 bridgehead atoms. The summed E-state index contributed by atoms with van der Waals surface area (Å²) in [6, 6.07) is 0. The van der Waals surface area contributed by atoms with Gasteiger partial charge in [-0.2, -0.15) is 0 Å². The Morgan fingerprint density at radius 1 is 0.533 bits per heavy atom. The molecule has 0 aliphatic rings. The summed E-state index contributed by atoms with van der Waals surface area (Å²) in [5.41, 5.74) is 0. The van der Waals surface area contributed by atoms with Crippen LogP contribution in [-0.2, 0) is 6.15 Å². The van der Waals surface area contributed by atoms with Crippen molar-refractivity contribution in [2.24, 2.45) is 11.8 Å². The Bertz CT molecular complexity index is 260. The fourth-order valence-corrected chi connectivity index (χ4v) is 7.85. The molecule has 0 amide bonds. The van der Waals surface area contributed by atoms with Crippen molar-refractivity contribution >= 4 is 43.1 Å². The quantitative estimate of drug-likeness (QED) is 0.0872. The van der Waals surface area contributed by atoms with Crippen LogP contribution in [0, 0.1) is 11.8 Å².